The molecule has 1 aromatic rings. The fourth-order valence-corrected chi connectivity index (χ4v) is 2.81. The molecule has 26 heavy (non-hydrogen) atoms. The fraction of sp³-hybridized carbons (Fsp3) is 0.750. The Kier molecular flexibility index (Phi) is 7.70. The standard InChI is InChI=1S/C16H26F3N5O2/c1-14(11-23-5-3-20-13-23)21-15(25)24-8-6-22(7-9-24)4-2-10-26-12-16(17,18)19/h3,5,13-14H,2,4,6-12H2,1H3,(H,21,25). The lowest BCUT2D eigenvalue weighted by Crippen LogP contribution is -2.53. The predicted octanol–water partition coefficient (Wildman–Crippen LogP) is 1.57. The van der Waals surface area contributed by atoms with E-state index in [1.54, 1.807) is 17.4 Å². The highest BCUT2D eigenvalue weighted by Gasteiger charge is 2.27. The molecule has 2 amide bonds. The number of halogens is 3. The van der Waals surface area contributed by atoms with Gasteiger partial charge in [-0.15, -0.1) is 0 Å². The number of amides is 2. The summed E-state index contributed by atoms with van der Waals surface area (Å²) in [6.07, 6.45) is 1.53. The van der Waals surface area contributed by atoms with Crippen LogP contribution in [0.1, 0.15) is 13.3 Å². The molecule has 0 spiro atoms. The first-order chi connectivity index (χ1) is 12.3. The van der Waals surface area contributed by atoms with Crippen LogP contribution in [0.3, 0.4) is 0 Å². The van der Waals surface area contributed by atoms with Gasteiger partial charge in [0.25, 0.3) is 0 Å². The Labute approximate surface area is 151 Å². The van der Waals surface area contributed by atoms with Gasteiger partial charge in [0.15, 0.2) is 0 Å². The van der Waals surface area contributed by atoms with Crippen LogP contribution in [0.2, 0.25) is 0 Å². The molecule has 2 rings (SSSR count). The zero-order valence-electron chi connectivity index (χ0n) is 14.9. The summed E-state index contributed by atoms with van der Waals surface area (Å²) in [6.45, 7) is 4.79. The smallest absolute Gasteiger partial charge is 0.372 e. The molecule has 1 fully saturated rings. The monoisotopic (exact) mass is 377 g/mol. The Hall–Kier alpha value is -1.81. The van der Waals surface area contributed by atoms with Crippen molar-refractivity contribution in [2.24, 2.45) is 0 Å². The average molecular weight is 377 g/mol. The van der Waals surface area contributed by atoms with Crippen molar-refractivity contribution in [2.75, 3.05) is 45.9 Å². The van der Waals surface area contributed by atoms with Crippen molar-refractivity contribution in [3.8, 4) is 0 Å². The molecule has 148 valence electrons. The summed E-state index contributed by atoms with van der Waals surface area (Å²) in [5, 5.41) is 2.97. The molecule has 1 N–H and O–H groups in total. The number of nitrogens with zero attached hydrogens (tertiary/aromatic N) is 4. The van der Waals surface area contributed by atoms with E-state index in [1.807, 2.05) is 17.7 Å². The fourth-order valence-electron chi connectivity index (χ4n) is 2.81. The number of carbonyl (C=O) groups is 1. The Morgan fingerprint density at radius 3 is 2.65 bits per heavy atom. The maximum Gasteiger partial charge on any atom is 0.411 e. The first kappa shape index (κ1) is 20.5. The summed E-state index contributed by atoms with van der Waals surface area (Å²) in [5.74, 6) is 0. The molecular formula is C16H26F3N5O2. The average Bonchev–Trinajstić information content (AvgIpc) is 3.06. The van der Waals surface area contributed by atoms with Gasteiger partial charge in [0.1, 0.15) is 6.61 Å². The van der Waals surface area contributed by atoms with E-state index in [1.165, 1.54) is 0 Å². The Bertz CT molecular complexity index is 530. The van der Waals surface area contributed by atoms with Gasteiger partial charge in [-0.1, -0.05) is 0 Å². The number of nitrogens with one attached hydrogen (secondary N) is 1. The van der Waals surface area contributed by atoms with Crippen molar-refractivity contribution >= 4 is 6.03 Å². The summed E-state index contributed by atoms with van der Waals surface area (Å²) in [5.41, 5.74) is 0. The molecule has 1 aromatic heterocycles. The molecule has 0 saturated carbocycles. The minimum absolute atomic E-state index is 0.0134. The van der Waals surface area contributed by atoms with Crippen LogP contribution in [-0.4, -0.2) is 83.5 Å². The second kappa shape index (κ2) is 9.77. The van der Waals surface area contributed by atoms with Crippen molar-refractivity contribution in [2.45, 2.75) is 32.1 Å². The highest BCUT2D eigenvalue weighted by Crippen LogP contribution is 2.14. The van der Waals surface area contributed by atoms with Gasteiger partial charge in [-0.25, -0.2) is 9.78 Å². The molecule has 0 aliphatic carbocycles. The van der Waals surface area contributed by atoms with Crippen molar-refractivity contribution in [1.82, 2.24) is 24.7 Å². The lowest BCUT2D eigenvalue weighted by Gasteiger charge is -2.35. The third-order valence-electron chi connectivity index (χ3n) is 4.10. The first-order valence-electron chi connectivity index (χ1n) is 8.71. The van der Waals surface area contributed by atoms with E-state index in [4.69, 9.17) is 0 Å². The number of ether oxygens (including phenoxy) is 1. The van der Waals surface area contributed by atoms with Gasteiger partial charge in [-0.05, 0) is 13.3 Å². The zero-order chi connectivity index (χ0) is 19.0. The van der Waals surface area contributed by atoms with E-state index in [2.05, 4.69) is 19.9 Å². The number of carbonyl (C=O) groups excluding carboxylic acids is 1. The second-order valence-corrected chi connectivity index (χ2v) is 6.46. The number of hydrogen-bond donors (Lipinski definition) is 1. The summed E-state index contributed by atoms with van der Waals surface area (Å²) in [7, 11) is 0. The number of aromatic nitrogens is 2. The maximum atomic E-state index is 12.3. The first-order valence-corrected chi connectivity index (χ1v) is 8.71. The molecule has 0 radical (unpaired) electrons. The zero-order valence-corrected chi connectivity index (χ0v) is 14.9. The summed E-state index contributed by atoms with van der Waals surface area (Å²) in [6, 6.07) is -0.105. The molecular weight excluding hydrogens is 351 g/mol. The number of urea groups is 1. The summed E-state index contributed by atoms with van der Waals surface area (Å²) >= 11 is 0. The van der Waals surface area contributed by atoms with E-state index < -0.39 is 12.8 Å². The van der Waals surface area contributed by atoms with Crippen LogP contribution in [0.15, 0.2) is 18.7 Å². The van der Waals surface area contributed by atoms with Gasteiger partial charge in [-0.2, -0.15) is 13.2 Å². The van der Waals surface area contributed by atoms with Gasteiger partial charge in [0.05, 0.1) is 6.33 Å². The molecule has 1 aliphatic heterocycles. The lowest BCUT2D eigenvalue weighted by molar-refractivity contribution is -0.174. The molecule has 10 heteroatoms. The SMILES string of the molecule is CC(Cn1ccnc1)NC(=O)N1CCN(CCCOCC(F)(F)F)CC1. The molecule has 1 atom stereocenters. The van der Waals surface area contributed by atoms with E-state index in [0.29, 0.717) is 45.7 Å². The number of hydrogen-bond acceptors (Lipinski definition) is 4. The predicted molar refractivity (Wildman–Crippen MR) is 89.7 cm³/mol. The summed E-state index contributed by atoms with van der Waals surface area (Å²) in [4.78, 5) is 20.2. The molecule has 0 bridgehead atoms. The van der Waals surface area contributed by atoms with Crippen LogP contribution in [0, 0.1) is 0 Å². The number of piperazine rings is 1. The van der Waals surface area contributed by atoms with Crippen LogP contribution in [0.25, 0.3) is 0 Å². The van der Waals surface area contributed by atoms with Crippen LogP contribution in [0.5, 0.6) is 0 Å². The van der Waals surface area contributed by atoms with E-state index in [9.17, 15) is 18.0 Å². The molecule has 2 heterocycles. The van der Waals surface area contributed by atoms with Crippen LogP contribution in [0.4, 0.5) is 18.0 Å². The Balaban J connectivity index is 1.58. The van der Waals surface area contributed by atoms with Crippen molar-refractivity contribution in [1.29, 1.82) is 0 Å². The van der Waals surface area contributed by atoms with Gasteiger partial charge >= 0.3 is 12.2 Å². The highest BCUT2D eigenvalue weighted by molar-refractivity contribution is 5.74. The maximum absolute atomic E-state index is 12.3. The molecule has 1 unspecified atom stereocenters. The third kappa shape index (κ3) is 7.61. The van der Waals surface area contributed by atoms with Crippen LogP contribution >= 0.6 is 0 Å². The van der Waals surface area contributed by atoms with E-state index in [-0.39, 0.29) is 18.7 Å². The number of rotatable bonds is 8. The lowest BCUT2D eigenvalue weighted by atomic mass is 10.3. The Morgan fingerprint density at radius 1 is 1.31 bits per heavy atom. The highest BCUT2D eigenvalue weighted by atomic mass is 19.4. The van der Waals surface area contributed by atoms with E-state index >= 15 is 0 Å². The van der Waals surface area contributed by atoms with Gasteiger partial charge in [-0.3, -0.25) is 4.90 Å². The summed E-state index contributed by atoms with van der Waals surface area (Å²) < 4.78 is 42.4. The third-order valence-corrected chi connectivity index (χ3v) is 4.10. The van der Waals surface area contributed by atoms with Crippen molar-refractivity contribution in [3.05, 3.63) is 18.7 Å². The molecule has 1 saturated heterocycles. The minimum Gasteiger partial charge on any atom is -0.372 e. The molecule has 7 nitrogen and oxygen atoms in total. The van der Waals surface area contributed by atoms with Crippen molar-refractivity contribution in [3.63, 3.8) is 0 Å². The second-order valence-electron chi connectivity index (χ2n) is 6.46. The Morgan fingerprint density at radius 2 is 2.04 bits per heavy atom. The number of alkyl halides is 3. The van der Waals surface area contributed by atoms with Gasteiger partial charge in [0.2, 0.25) is 0 Å². The largest absolute Gasteiger partial charge is 0.411 e. The van der Waals surface area contributed by atoms with Gasteiger partial charge in [0, 0.05) is 64.3 Å². The molecule has 0 aromatic carbocycles. The van der Waals surface area contributed by atoms with Crippen LogP contribution < -0.4 is 5.32 Å². The van der Waals surface area contributed by atoms with Crippen LogP contribution in [-0.2, 0) is 11.3 Å². The quantitative estimate of drug-likeness (QED) is 0.699. The van der Waals surface area contributed by atoms with Gasteiger partial charge < -0.3 is 19.5 Å². The number of imidazole rings is 1. The van der Waals surface area contributed by atoms with Crippen molar-refractivity contribution < 1.29 is 22.7 Å². The van der Waals surface area contributed by atoms with E-state index in [0.717, 1.165) is 0 Å². The molecule has 1 aliphatic rings. The minimum atomic E-state index is -4.27. The normalized spacial score (nSPS) is 17.3. The topological polar surface area (TPSA) is 62.6 Å².